The Morgan fingerprint density at radius 3 is 2.55 bits per heavy atom. The molecule has 3 rings (SSSR count). The smallest absolute Gasteiger partial charge is 0.406 e. The highest BCUT2D eigenvalue weighted by molar-refractivity contribution is 5.76. The summed E-state index contributed by atoms with van der Waals surface area (Å²) >= 11 is 0. The van der Waals surface area contributed by atoms with Crippen molar-refractivity contribution in [2.75, 3.05) is 13.1 Å². The molecule has 160 valence electrons. The van der Waals surface area contributed by atoms with Gasteiger partial charge in [0.15, 0.2) is 0 Å². The summed E-state index contributed by atoms with van der Waals surface area (Å²) in [7, 11) is 0. The Bertz CT molecular complexity index is 768. The zero-order chi connectivity index (χ0) is 21.2. The standard InChI is InChI=1S/C19H23F4N3O3/c1-12(27)26(14-5-6-14)15-3-2-8-25(11-15)18(28)24-10-13-4-7-16(9-17(13)20)29-19(21,22)23/h4,7,9,14-15H,2-3,5-6,8,10-11H2,1H3,(H,24,28)/t15-/m1/s1. The van der Waals surface area contributed by atoms with Gasteiger partial charge in [-0.3, -0.25) is 4.79 Å². The molecule has 1 saturated carbocycles. The lowest BCUT2D eigenvalue weighted by molar-refractivity contribution is -0.274. The summed E-state index contributed by atoms with van der Waals surface area (Å²) in [5.74, 6) is -1.56. The Hall–Kier alpha value is -2.52. The monoisotopic (exact) mass is 417 g/mol. The molecule has 0 radical (unpaired) electrons. The van der Waals surface area contributed by atoms with Crippen LogP contribution in [0.1, 0.15) is 38.2 Å². The number of carbonyl (C=O) groups is 2. The largest absolute Gasteiger partial charge is 0.573 e. The molecule has 2 aliphatic rings. The molecule has 1 heterocycles. The number of hydrogen-bond acceptors (Lipinski definition) is 3. The lowest BCUT2D eigenvalue weighted by Crippen LogP contribution is -2.53. The number of nitrogens with one attached hydrogen (secondary N) is 1. The number of halogens is 4. The fraction of sp³-hybridized carbons (Fsp3) is 0.579. The van der Waals surface area contributed by atoms with E-state index in [4.69, 9.17) is 0 Å². The first-order chi connectivity index (χ1) is 13.6. The van der Waals surface area contributed by atoms with Gasteiger partial charge in [0.25, 0.3) is 0 Å². The maximum atomic E-state index is 14.0. The van der Waals surface area contributed by atoms with Crippen molar-refractivity contribution >= 4 is 11.9 Å². The molecule has 2 fully saturated rings. The van der Waals surface area contributed by atoms with Crippen LogP contribution in [0.4, 0.5) is 22.4 Å². The van der Waals surface area contributed by atoms with Crippen molar-refractivity contribution in [2.45, 2.75) is 57.6 Å². The number of piperidine rings is 1. The van der Waals surface area contributed by atoms with Crippen molar-refractivity contribution in [1.82, 2.24) is 15.1 Å². The molecule has 0 bridgehead atoms. The van der Waals surface area contributed by atoms with Crippen LogP contribution < -0.4 is 10.1 Å². The van der Waals surface area contributed by atoms with Gasteiger partial charge in [-0.2, -0.15) is 0 Å². The zero-order valence-corrected chi connectivity index (χ0v) is 16.0. The molecule has 29 heavy (non-hydrogen) atoms. The molecule has 0 unspecified atom stereocenters. The third-order valence-corrected chi connectivity index (χ3v) is 5.07. The number of rotatable bonds is 5. The second-order valence-corrected chi connectivity index (χ2v) is 7.36. The fourth-order valence-corrected chi connectivity index (χ4v) is 3.68. The fourth-order valence-electron chi connectivity index (χ4n) is 3.68. The first kappa shape index (κ1) is 21.2. The van der Waals surface area contributed by atoms with Gasteiger partial charge in [-0.1, -0.05) is 6.07 Å². The van der Waals surface area contributed by atoms with E-state index in [0.717, 1.165) is 37.8 Å². The normalized spacial score (nSPS) is 19.6. The highest BCUT2D eigenvalue weighted by Crippen LogP contribution is 2.31. The Morgan fingerprint density at radius 2 is 1.97 bits per heavy atom. The minimum Gasteiger partial charge on any atom is -0.406 e. The zero-order valence-electron chi connectivity index (χ0n) is 16.0. The molecule has 3 amide bonds. The predicted octanol–water partition coefficient (Wildman–Crippen LogP) is 3.41. The van der Waals surface area contributed by atoms with Crippen LogP contribution >= 0.6 is 0 Å². The Kier molecular flexibility index (Phi) is 6.18. The summed E-state index contributed by atoms with van der Waals surface area (Å²) < 4.78 is 54.3. The molecule has 1 aliphatic heterocycles. The average Bonchev–Trinajstić information content (AvgIpc) is 3.44. The van der Waals surface area contributed by atoms with Gasteiger partial charge in [-0.15, -0.1) is 13.2 Å². The number of ether oxygens (including phenoxy) is 1. The molecule has 1 atom stereocenters. The number of benzene rings is 1. The second kappa shape index (κ2) is 8.46. The lowest BCUT2D eigenvalue weighted by atomic mass is 10.0. The van der Waals surface area contributed by atoms with Crippen molar-refractivity contribution in [3.8, 4) is 5.75 Å². The van der Waals surface area contributed by atoms with Gasteiger partial charge in [-0.05, 0) is 31.7 Å². The van der Waals surface area contributed by atoms with Gasteiger partial charge in [0.1, 0.15) is 11.6 Å². The first-order valence-electron chi connectivity index (χ1n) is 9.50. The van der Waals surface area contributed by atoms with E-state index in [-0.39, 0.29) is 30.1 Å². The van der Waals surface area contributed by atoms with Gasteiger partial charge < -0.3 is 19.9 Å². The van der Waals surface area contributed by atoms with E-state index in [2.05, 4.69) is 10.1 Å². The van der Waals surface area contributed by atoms with Gasteiger partial charge in [0.2, 0.25) is 5.91 Å². The second-order valence-electron chi connectivity index (χ2n) is 7.36. The SMILES string of the molecule is CC(=O)N(C1CC1)[C@@H]1CCCN(C(=O)NCc2ccc(OC(F)(F)F)cc2F)C1. The van der Waals surface area contributed by atoms with E-state index in [0.29, 0.717) is 19.2 Å². The molecule has 6 nitrogen and oxygen atoms in total. The van der Waals surface area contributed by atoms with Gasteiger partial charge >= 0.3 is 12.4 Å². The molecule has 1 aromatic rings. The number of urea groups is 1. The maximum Gasteiger partial charge on any atom is 0.573 e. The Morgan fingerprint density at radius 1 is 1.24 bits per heavy atom. The number of hydrogen-bond donors (Lipinski definition) is 1. The third kappa shape index (κ3) is 5.74. The number of amides is 3. The number of nitrogens with zero attached hydrogens (tertiary/aromatic N) is 2. The van der Waals surface area contributed by atoms with E-state index in [9.17, 15) is 27.2 Å². The molecule has 1 aromatic carbocycles. The quantitative estimate of drug-likeness (QED) is 0.747. The lowest BCUT2D eigenvalue weighted by Gasteiger charge is -2.39. The molecule has 10 heteroatoms. The summed E-state index contributed by atoms with van der Waals surface area (Å²) in [6.45, 7) is 2.30. The van der Waals surface area contributed by atoms with Crippen LogP contribution in [-0.2, 0) is 11.3 Å². The van der Waals surface area contributed by atoms with Gasteiger partial charge in [0, 0.05) is 50.3 Å². The Balaban J connectivity index is 1.55. The van der Waals surface area contributed by atoms with E-state index in [1.807, 2.05) is 4.90 Å². The van der Waals surface area contributed by atoms with E-state index in [1.54, 1.807) is 4.90 Å². The van der Waals surface area contributed by atoms with Gasteiger partial charge in [0.05, 0.1) is 0 Å². The van der Waals surface area contributed by atoms with E-state index < -0.39 is 24.0 Å². The molecular weight excluding hydrogens is 394 g/mol. The molecule has 0 aromatic heterocycles. The van der Waals surface area contributed by atoms with Crippen LogP contribution in [0, 0.1) is 5.82 Å². The highest BCUT2D eigenvalue weighted by Gasteiger charge is 2.38. The summed E-state index contributed by atoms with van der Waals surface area (Å²) in [5.41, 5.74) is 0.0461. The van der Waals surface area contributed by atoms with Crippen LogP contribution in [0.3, 0.4) is 0 Å². The molecular formula is C19H23F4N3O3. The predicted molar refractivity (Wildman–Crippen MR) is 95.5 cm³/mol. The van der Waals surface area contributed by atoms with Gasteiger partial charge in [-0.25, -0.2) is 9.18 Å². The summed E-state index contributed by atoms with van der Waals surface area (Å²) in [6.07, 6.45) is -1.35. The third-order valence-electron chi connectivity index (χ3n) is 5.07. The molecule has 1 N–H and O–H groups in total. The summed E-state index contributed by atoms with van der Waals surface area (Å²) in [6, 6.07) is 2.59. The van der Waals surface area contributed by atoms with Crippen LogP contribution in [-0.4, -0.2) is 53.3 Å². The molecule has 1 aliphatic carbocycles. The first-order valence-corrected chi connectivity index (χ1v) is 9.50. The highest BCUT2D eigenvalue weighted by atomic mass is 19.4. The van der Waals surface area contributed by atoms with Crippen LogP contribution in [0.5, 0.6) is 5.75 Å². The number of alkyl halides is 3. The minimum atomic E-state index is -4.90. The van der Waals surface area contributed by atoms with Crippen LogP contribution in [0.2, 0.25) is 0 Å². The van der Waals surface area contributed by atoms with Crippen LogP contribution in [0.25, 0.3) is 0 Å². The number of carbonyl (C=O) groups excluding carboxylic acids is 2. The maximum absolute atomic E-state index is 14.0. The summed E-state index contributed by atoms with van der Waals surface area (Å²) in [4.78, 5) is 27.9. The van der Waals surface area contributed by atoms with Crippen molar-refractivity contribution < 1.29 is 31.9 Å². The van der Waals surface area contributed by atoms with E-state index >= 15 is 0 Å². The average molecular weight is 417 g/mol. The van der Waals surface area contributed by atoms with E-state index in [1.165, 1.54) is 6.92 Å². The summed E-state index contributed by atoms with van der Waals surface area (Å²) in [5, 5.41) is 2.59. The molecule has 1 saturated heterocycles. The van der Waals surface area contributed by atoms with Crippen LogP contribution in [0.15, 0.2) is 18.2 Å². The number of likely N-dealkylation sites (tertiary alicyclic amines) is 1. The topological polar surface area (TPSA) is 61.9 Å². The Labute approximate surface area is 165 Å². The van der Waals surface area contributed by atoms with Crippen molar-refractivity contribution in [2.24, 2.45) is 0 Å². The van der Waals surface area contributed by atoms with Crippen molar-refractivity contribution in [3.05, 3.63) is 29.6 Å². The van der Waals surface area contributed by atoms with Crippen molar-refractivity contribution in [3.63, 3.8) is 0 Å². The minimum absolute atomic E-state index is 0.00277. The van der Waals surface area contributed by atoms with Crippen molar-refractivity contribution in [1.29, 1.82) is 0 Å². The molecule has 0 spiro atoms.